The largest absolute Gasteiger partial charge is 0.472 e. The van der Waals surface area contributed by atoms with Crippen LogP contribution < -0.4 is 10.6 Å². The van der Waals surface area contributed by atoms with Crippen molar-refractivity contribution in [2.75, 3.05) is 36.9 Å². The van der Waals surface area contributed by atoms with E-state index >= 15 is 0 Å². The van der Waals surface area contributed by atoms with Crippen molar-refractivity contribution in [3.63, 3.8) is 0 Å². The van der Waals surface area contributed by atoms with Crippen LogP contribution in [0.25, 0.3) is 11.1 Å². The third-order valence-corrected chi connectivity index (χ3v) is 3.28. The van der Waals surface area contributed by atoms with Gasteiger partial charge in [0.1, 0.15) is 0 Å². The summed E-state index contributed by atoms with van der Waals surface area (Å²) >= 11 is 0. The summed E-state index contributed by atoms with van der Waals surface area (Å²) in [4.78, 5) is 1.94. The normalized spacial score (nSPS) is 10.8. The monoisotopic (exact) mass is 276 g/mol. The molecule has 0 saturated heterocycles. The summed E-state index contributed by atoms with van der Waals surface area (Å²) in [5, 5.41) is 18.3. The molecule has 0 aliphatic heterocycles. The summed E-state index contributed by atoms with van der Waals surface area (Å²) in [6.07, 6.45) is 3.25. The van der Waals surface area contributed by atoms with E-state index in [9.17, 15) is 0 Å². The van der Waals surface area contributed by atoms with E-state index in [1.807, 2.05) is 30.0 Å². The molecule has 0 aliphatic carbocycles. The van der Waals surface area contributed by atoms with Crippen LogP contribution in [0.2, 0.25) is 0 Å². The molecule has 5 heteroatoms. The van der Waals surface area contributed by atoms with E-state index in [-0.39, 0.29) is 13.2 Å². The van der Waals surface area contributed by atoms with Crippen LogP contribution in [0.15, 0.2) is 35.1 Å². The van der Waals surface area contributed by atoms with Gasteiger partial charge in [-0.05, 0) is 30.7 Å². The highest BCUT2D eigenvalue weighted by molar-refractivity contribution is 5.81. The van der Waals surface area contributed by atoms with E-state index in [1.165, 1.54) is 0 Å². The molecule has 0 saturated carbocycles. The Labute approximate surface area is 118 Å². The second kappa shape index (κ2) is 6.45. The number of benzene rings is 1. The maximum absolute atomic E-state index is 9.16. The van der Waals surface area contributed by atoms with Gasteiger partial charge in [-0.3, -0.25) is 0 Å². The minimum absolute atomic E-state index is 0.0326. The first-order valence-electron chi connectivity index (χ1n) is 6.56. The Bertz CT molecular complexity index is 546. The van der Waals surface area contributed by atoms with Gasteiger partial charge in [-0.1, -0.05) is 0 Å². The van der Waals surface area contributed by atoms with Gasteiger partial charge in [-0.2, -0.15) is 0 Å². The average molecular weight is 276 g/mol. The number of nitrogens with two attached hydrogens (primary N) is 1. The maximum Gasteiger partial charge on any atom is 0.0981 e. The van der Waals surface area contributed by atoms with Gasteiger partial charge < -0.3 is 25.3 Å². The fourth-order valence-corrected chi connectivity index (χ4v) is 2.32. The summed E-state index contributed by atoms with van der Waals surface area (Å²) < 4.78 is 5.10. The van der Waals surface area contributed by atoms with Crippen molar-refractivity contribution in [1.82, 2.24) is 0 Å². The molecule has 0 amide bonds. The standard InChI is InChI=1S/C15H20N2O3/c1-11-8-14(16)13(12-2-7-20-10-12)9-15(11)17(3-5-18)4-6-19/h2,7-10,18-19H,3-6,16H2,1H3. The molecule has 20 heavy (non-hydrogen) atoms. The molecule has 0 atom stereocenters. The van der Waals surface area contributed by atoms with Crippen LogP contribution in [0.1, 0.15) is 5.56 Å². The highest BCUT2D eigenvalue weighted by Gasteiger charge is 2.13. The van der Waals surface area contributed by atoms with Gasteiger partial charge in [0.05, 0.1) is 25.7 Å². The number of nitrogens with zero attached hydrogens (tertiary/aromatic N) is 1. The minimum atomic E-state index is 0.0326. The van der Waals surface area contributed by atoms with Gasteiger partial charge >= 0.3 is 0 Å². The second-order valence-corrected chi connectivity index (χ2v) is 4.67. The lowest BCUT2D eigenvalue weighted by Gasteiger charge is -2.26. The van der Waals surface area contributed by atoms with E-state index in [4.69, 9.17) is 20.4 Å². The topological polar surface area (TPSA) is 82.9 Å². The number of nitrogen functional groups attached to an aromatic ring is 1. The fourth-order valence-electron chi connectivity index (χ4n) is 2.32. The Morgan fingerprint density at radius 1 is 1.20 bits per heavy atom. The Hall–Kier alpha value is -1.98. The predicted molar refractivity (Wildman–Crippen MR) is 79.7 cm³/mol. The smallest absolute Gasteiger partial charge is 0.0981 e. The van der Waals surface area contributed by atoms with Gasteiger partial charge in [0.25, 0.3) is 0 Å². The van der Waals surface area contributed by atoms with Gasteiger partial charge in [0, 0.05) is 35.6 Å². The minimum Gasteiger partial charge on any atom is -0.472 e. The Morgan fingerprint density at radius 3 is 2.45 bits per heavy atom. The van der Waals surface area contributed by atoms with Crippen LogP contribution in [0.3, 0.4) is 0 Å². The number of anilines is 2. The predicted octanol–water partition coefficient (Wildman–Crippen LogP) is 1.63. The third-order valence-electron chi connectivity index (χ3n) is 3.28. The summed E-state index contributed by atoms with van der Waals surface area (Å²) in [6.45, 7) is 2.97. The van der Waals surface area contributed by atoms with Gasteiger partial charge in [-0.15, -0.1) is 0 Å². The fraction of sp³-hybridized carbons (Fsp3) is 0.333. The summed E-state index contributed by atoms with van der Waals surface area (Å²) in [5.41, 5.74) is 10.5. The number of furan rings is 1. The van der Waals surface area contributed by atoms with Crippen LogP contribution in [0.5, 0.6) is 0 Å². The number of aryl methyl sites for hydroxylation is 1. The van der Waals surface area contributed by atoms with E-state index in [2.05, 4.69) is 0 Å². The number of hydrogen-bond acceptors (Lipinski definition) is 5. The highest BCUT2D eigenvalue weighted by Crippen LogP contribution is 2.33. The molecule has 4 N–H and O–H groups in total. The molecule has 1 aromatic heterocycles. The molecule has 0 unspecified atom stereocenters. The SMILES string of the molecule is Cc1cc(N)c(-c2ccoc2)cc1N(CCO)CCO. The molecule has 2 aromatic rings. The zero-order valence-electron chi connectivity index (χ0n) is 11.5. The van der Waals surface area contributed by atoms with E-state index < -0.39 is 0 Å². The average Bonchev–Trinajstić information content (AvgIpc) is 2.92. The Kier molecular flexibility index (Phi) is 4.65. The van der Waals surface area contributed by atoms with E-state index in [1.54, 1.807) is 12.5 Å². The number of aliphatic hydroxyl groups is 2. The Morgan fingerprint density at radius 2 is 1.90 bits per heavy atom. The summed E-state index contributed by atoms with van der Waals surface area (Å²) in [7, 11) is 0. The molecular formula is C15H20N2O3. The van der Waals surface area contributed by atoms with Crippen LogP contribution in [-0.2, 0) is 0 Å². The molecule has 108 valence electrons. The molecule has 0 bridgehead atoms. The van der Waals surface area contributed by atoms with Gasteiger partial charge in [0.15, 0.2) is 0 Å². The van der Waals surface area contributed by atoms with Crippen molar-refractivity contribution < 1.29 is 14.6 Å². The third kappa shape index (κ3) is 2.95. The number of hydrogen-bond donors (Lipinski definition) is 3. The highest BCUT2D eigenvalue weighted by atomic mass is 16.3. The van der Waals surface area contributed by atoms with Gasteiger partial charge in [-0.25, -0.2) is 0 Å². The first kappa shape index (κ1) is 14.4. The van der Waals surface area contributed by atoms with Crippen LogP contribution in [-0.4, -0.2) is 36.5 Å². The first-order chi connectivity index (χ1) is 9.67. The van der Waals surface area contributed by atoms with E-state index in [0.29, 0.717) is 18.8 Å². The van der Waals surface area contributed by atoms with Crippen molar-refractivity contribution >= 4 is 11.4 Å². The zero-order valence-corrected chi connectivity index (χ0v) is 11.5. The van der Waals surface area contributed by atoms with Crippen molar-refractivity contribution in [2.45, 2.75) is 6.92 Å². The van der Waals surface area contributed by atoms with Gasteiger partial charge in [0.2, 0.25) is 0 Å². The zero-order chi connectivity index (χ0) is 14.5. The van der Waals surface area contributed by atoms with Crippen LogP contribution in [0.4, 0.5) is 11.4 Å². The van der Waals surface area contributed by atoms with E-state index in [0.717, 1.165) is 22.4 Å². The maximum atomic E-state index is 9.16. The molecule has 0 aliphatic rings. The summed E-state index contributed by atoms with van der Waals surface area (Å²) in [6, 6.07) is 5.73. The molecule has 1 heterocycles. The lowest BCUT2D eigenvalue weighted by Crippen LogP contribution is -2.30. The molecule has 0 spiro atoms. The second-order valence-electron chi connectivity index (χ2n) is 4.67. The lowest BCUT2D eigenvalue weighted by atomic mass is 10.0. The molecule has 1 aromatic carbocycles. The summed E-state index contributed by atoms with van der Waals surface area (Å²) in [5.74, 6) is 0. The number of aliphatic hydroxyl groups excluding tert-OH is 2. The molecule has 5 nitrogen and oxygen atoms in total. The van der Waals surface area contributed by atoms with Crippen LogP contribution >= 0.6 is 0 Å². The lowest BCUT2D eigenvalue weighted by molar-refractivity contribution is 0.281. The first-order valence-corrected chi connectivity index (χ1v) is 6.56. The number of rotatable bonds is 6. The molecular weight excluding hydrogens is 256 g/mol. The van der Waals surface area contributed by atoms with Crippen molar-refractivity contribution in [2.24, 2.45) is 0 Å². The van der Waals surface area contributed by atoms with Crippen molar-refractivity contribution in [3.8, 4) is 11.1 Å². The Balaban J connectivity index is 2.44. The molecule has 2 rings (SSSR count). The molecule has 0 fully saturated rings. The van der Waals surface area contributed by atoms with Crippen LogP contribution in [0, 0.1) is 6.92 Å². The molecule has 0 radical (unpaired) electrons. The van der Waals surface area contributed by atoms with Crippen molar-refractivity contribution in [3.05, 3.63) is 36.3 Å². The van der Waals surface area contributed by atoms with Crippen molar-refractivity contribution in [1.29, 1.82) is 0 Å². The quantitative estimate of drug-likeness (QED) is 0.698.